The van der Waals surface area contributed by atoms with Crippen LogP contribution < -0.4 is 10.6 Å². The van der Waals surface area contributed by atoms with Crippen LogP contribution in [0.5, 0.6) is 0 Å². The van der Waals surface area contributed by atoms with Gasteiger partial charge >= 0.3 is 12.1 Å². The Kier molecular flexibility index (Phi) is 9.29. The zero-order valence-corrected chi connectivity index (χ0v) is 20.8. The number of amides is 2. The van der Waals surface area contributed by atoms with Crippen LogP contribution in [0.2, 0.25) is 0 Å². The van der Waals surface area contributed by atoms with Gasteiger partial charge in [-0.25, -0.2) is 4.79 Å². The molecule has 1 unspecified atom stereocenters. The zero-order chi connectivity index (χ0) is 25.4. The highest BCUT2D eigenvalue weighted by Gasteiger charge is 2.30. The second-order valence-electron chi connectivity index (χ2n) is 9.45. The number of carbonyl (C=O) groups is 3. The summed E-state index contributed by atoms with van der Waals surface area (Å²) in [5.41, 5.74) is 4.59. The van der Waals surface area contributed by atoms with Crippen molar-refractivity contribution < 1.29 is 24.2 Å². The van der Waals surface area contributed by atoms with Crippen molar-refractivity contribution >= 4 is 18.0 Å². The molecule has 7 heteroatoms. The lowest BCUT2D eigenvalue weighted by molar-refractivity contribution is -0.137. The third-order valence-electron chi connectivity index (χ3n) is 6.90. The fourth-order valence-corrected chi connectivity index (χ4v) is 4.53. The lowest BCUT2D eigenvalue weighted by atomic mass is 9.97. The Balaban J connectivity index is 1.55. The Hall–Kier alpha value is -3.35. The van der Waals surface area contributed by atoms with E-state index in [0.717, 1.165) is 28.7 Å². The van der Waals surface area contributed by atoms with E-state index in [1.807, 2.05) is 45.0 Å². The van der Waals surface area contributed by atoms with Crippen LogP contribution in [0, 0.1) is 11.8 Å². The normalized spacial score (nSPS) is 14.8. The highest BCUT2D eigenvalue weighted by Crippen LogP contribution is 2.44. The summed E-state index contributed by atoms with van der Waals surface area (Å²) in [6, 6.07) is 15.6. The average molecular weight is 481 g/mol. The molecule has 0 saturated heterocycles. The molecular formula is C28H36N2O5. The van der Waals surface area contributed by atoms with E-state index in [-0.39, 0.29) is 36.7 Å². The molecule has 0 aromatic heterocycles. The van der Waals surface area contributed by atoms with Crippen molar-refractivity contribution in [1.82, 2.24) is 10.6 Å². The number of benzene rings is 2. The van der Waals surface area contributed by atoms with Crippen molar-refractivity contribution in [2.75, 3.05) is 13.2 Å². The van der Waals surface area contributed by atoms with Crippen LogP contribution in [-0.4, -0.2) is 42.3 Å². The summed E-state index contributed by atoms with van der Waals surface area (Å²) >= 11 is 0. The number of nitrogens with one attached hydrogen (secondary N) is 2. The predicted octanol–water partition coefficient (Wildman–Crippen LogP) is 4.95. The quantitative estimate of drug-likeness (QED) is 0.399. The van der Waals surface area contributed by atoms with Crippen LogP contribution in [-0.2, 0) is 14.3 Å². The second kappa shape index (κ2) is 12.4. The Bertz CT molecular complexity index is 992. The monoisotopic (exact) mass is 480 g/mol. The molecule has 7 nitrogen and oxygen atoms in total. The van der Waals surface area contributed by atoms with Crippen molar-refractivity contribution in [2.24, 2.45) is 11.8 Å². The molecule has 35 heavy (non-hydrogen) atoms. The summed E-state index contributed by atoms with van der Waals surface area (Å²) in [6.07, 6.45) is 1.47. The number of carboxylic acid groups (broad SMARTS) is 1. The fourth-order valence-electron chi connectivity index (χ4n) is 4.53. The third kappa shape index (κ3) is 6.84. The van der Waals surface area contributed by atoms with Crippen LogP contribution in [0.4, 0.5) is 4.79 Å². The molecule has 0 bridgehead atoms. The second-order valence-corrected chi connectivity index (χ2v) is 9.45. The van der Waals surface area contributed by atoms with Crippen molar-refractivity contribution in [1.29, 1.82) is 0 Å². The third-order valence-corrected chi connectivity index (χ3v) is 6.90. The van der Waals surface area contributed by atoms with E-state index < -0.39 is 18.1 Å². The van der Waals surface area contributed by atoms with E-state index in [0.29, 0.717) is 19.4 Å². The molecule has 2 aromatic rings. The highest BCUT2D eigenvalue weighted by molar-refractivity contribution is 5.86. The molecule has 3 N–H and O–H groups in total. The van der Waals surface area contributed by atoms with Crippen LogP contribution in [0.3, 0.4) is 0 Å². The van der Waals surface area contributed by atoms with Gasteiger partial charge in [-0.1, -0.05) is 75.7 Å². The minimum absolute atomic E-state index is 0.0451. The van der Waals surface area contributed by atoms with E-state index in [4.69, 9.17) is 9.84 Å². The SMILES string of the molecule is CC[C@H](C)[C@H](NC(=O)OCC1c2ccccc2-c2ccccc21)C(=O)NCCC(C)CCC(=O)O. The van der Waals surface area contributed by atoms with Crippen molar-refractivity contribution in [3.8, 4) is 11.1 Å². The van der Waals surface area contributed by atoms with Crippen molar-refractivity contribution in [3.63, 3.8) is 0 Å². The fraction of sp³-hybridized carbons (Fsp3) is 0.464. The molecule has 1 aliphatic carbocycles. The topological polar surface area (TPSA) is 105 Å². The maximum Gasteiger partial charge on any atom is 0.407 e. The molecule has 2 amide bonds. The summed E-state index contributed by atoms with van der Waals surface area (Å²) in [5.74, 6) is -0.997. The summed E-state index contributed by atoms with van der Waals surface area (Å²) in [4.78, 5) is 36.3. The van der Waals surface area contributed by atoms with Crippen LogP contribution >= 0.6 is 0 Å². The Morgan fingerprint density at radius 2 is 1.57 bits per heavy atom. The van der Waals surface area contributed by atoms with Gasteiger partial charge in [-0.15, -0.1) is 0 Å². The minimum atomic E-state index is -0.815. The smallest absolute Gasteiger partial charge is 0.407 e. The van der Waals surface area contributed by atoms with Gasteiger partial charge in [0, 0.05) is 18.9 Å². The maximum absolute atomic E-state index is 12.8. The molecule has 0 aliphatic heterocycles. The summed E-state index contributed by atoms with van der Waals surface area (Å²) < 4.78 is 5.63. The molecule has 3 rings (SSSR count). The minimum Gasteiger partial charge on any atom is -0.481 e. The van der Waals surface area contributed by atoms with E-state index in [1.165, 1.54) is 0 Å². The average Bonchev–Trinajstić information content (AvgIpc) is 3.18. The standard InChI is InChI=1S/C28H36N2O5/c1-4-19(3)26(27(33)29-16-15-18(2)13-14-25(31)32)30-28(34)35-17-24-22-11-7-5-9-20(22)21-10-6-8-12-23(21)24/h5-12,18-19,24,26H,4,13-17H2,1-3H3,(H,29,33)(H,30,34)(H,31,32)/t18?,19-,26-/m0/s1. The maximum atomic E-state index is 12.8. The van der Waals surface area contributed by atoms with Gasteiger partial charge < -0.3 is 20.5 Å². The molecule has 0 spiro atoms. The van der Waals surface area contributed by atoms with Crippen LogP contribution in [0.1, 0.15) is 63.5 Å². The lowest BCUT2D eigenvalue weighted by Crippen LogP contribution is -2.50. The van der Waals surface area contributed by atoms with Gasteiger partial charge in [-0.05, 0) is 46.9 Å². The van der Waals surface area contributed by atoms with Gasteiger partial charge in [0.1, 0.15) is 12.6 Å². The van der Waals surface area contributed by atoms with Crippen molar-refractivity contribution in [2.45, 2.75) is 58.4 Å². The molecular weight excluding hydrogens is 444 g/mol. The first-order valence-electron chi connectivity index (χ1n) is 12.4. The number of fused-ring (bicyclic) bond motifs is 3. The number of aliphatic carboxylic acids is 1. The highest BCUT2D eigenvalue weighted by atomic mass is 16.5. The van der Waals surface area contributed by atoms with E-state index in [9.17, 15) is 14.4 Å². The molecule has 188 valence electrons. The van der Waals surface area contributed by atoms with Gasteiger partial charge in [-0.3, -0.25) is 9.59 Å². The number of hydrogen-bond donors (Lipinski definition) is 3. The van der Waals surface area contributed by atoms with Crippen molar-refractivity contribution in [3.05, 3.63) is 59.7 Å². The first-order valence-corrected chi connectivity index (χ1v) is 12.4. The first kappa shape index (κ1) is 26.3. The van der Waals surface area contributed by atoms with E-state index in [1.54, 1.807) is 0 Å². The molecule has 0 heterocycles. The Morgan fingerprint density at radius 3 is 2.14 bits per heavy atom. The number of rotatable bonds is 12. The zero-order valence-electron chi connectivity index (χ0n) is 20.8. The predicted molar refractivity (Wildman–Crippen MR) is 135 cm³/mol. The first-order chi connectivity index (χ1) is 16.8. The molecule has 0 saturated carbocycles. The molecule has 0 radical (unpaired) electrons. The van der Waals surface area contributed by atoms with Gasteiger partial charge in [0.25, 0.3) is 0 Å². The molecule has 0 fully saturated rings. The Labute approximate surface area is 207 Å². The summed E-state index contributed by atoms with van der Waals surface area (Å²) in [6.45, 7) is 6.48. The van der Waals surface area contributed by atoms with Gasteiger partial charge in [0.05, 0.1) is 0 Å². The van der Waals surface area contributed by atoms with Gasteiger partial charge in [0.15, 0.2) is 0 Å². The molecule has 1 aliphatic rings. The lowest BCUT2D eigenvalue weighted by Gasteiger charge is -2.24. The molecule has 3 atom stereocenters. The number of hydrogen-bond acceptors (Lipinski definition) is 4. The summed E-state index contributed by atoms with van der Waals surface area (Å²) in [5, 5.41) is 14.5. The summed E-state index contributed by atoms with van der Waals surface area (Å²) in [7, 11) is 0. The van der Waals surface area contributed by atoms with E-state index in [2.05, 4.69) is 34.9 Å². The largest absolute Gasteiger partial charge is 0.481 e. The molecule has 2 aromatic carbocycles. The van der Waals surface area contributed by atoms with Gasteiger partial charge in [0.2, 0.25) is 5.91 Å². The number of alkyl carbamates (subject to hydrolysis) is 1. The van der Waals surface area contributed by atoms with Crippen LogP contribution in [0.15, 0.2) is 48.5 Å². The number of carbonyl (C=O) groups excluding carboxylic acids is 2. The van der Waals surface area contributed by atoms with E-state index >= 15 is 0 Å². The van der Waals surface area contributed by atoms with Crippen LogP contribution in [0.25, 0.3) is 11.1 Å². The van der Waals surface area contributed by atoms with Gasteiger partial charge in [-0.2, -0.15) is 0 Å². The Morgan fingerprint density at radius 1 is 0.971 bits per heavy atom. The number of carboxylic acids is 1. The number of ether oxygens (including phenoxy) is 1.